The molecule has 8 nitrogen and oxygen atoms in total. The van der Waals surface area contributed by atoms with E-state index in [2.05, 4.69) is 41.4 Å². The number of fused-ring (bicyclic) bond motifs is 1. The van der Waals surface area contributed by atoms with Gasteiger partial charge in [0.25, 0.3) is 5.91 Å². The number of hydrogen-bond acceptors (Lipinski definition) is 6. The third-order valence-corrected chi connectivity index (χ3v) is 6.95. The minimum absolute atomic E-state index is 0.0411. The first-order valence-corrected chi connectivity index (χ1v) is 12.0. The number of piperazine rings is 1. The lowest BCUT2D eigenvalue weighted by Gasteiger charge is -2.31. The summed E-state index contributed by atoms with van der Waals surface area (Å²) in [5.41, 5.74) is 4.00. The third-order valence-electron chi connectivity index (χ3n) is 6.95. The van der Waals surface area contributed by atoms with Crippen molar-refractivity contribution in [1.82, 2.24) is 20.2 Å². The van der Waals surface area contributed by atoms with E-state index in [-0.39, 0.29) is 24.4 Å². The Bertz CT molecular complexity index is 1070. The van der Waals surface area contributed by atoms with Gasteiger partial charge in [-0.15, -0.1) is 0 Å². The molecule has 0 spiro atoms. The highest BCUT2D eigenvalue weighted by Crippen LogP contribution is 2.36. The zero-order valence-electron chi connectivity index (χ0n) is 19.7. The molecule has 2 saturated heterocycles. The number of nitrogens with zero attached hydrogens (tertiary/aromatic N) is 5. The van der Waals surface area contributed by atoms with Crippen LogP contribution in [0.1, 0.15) is 53.9 Å². The Morgan fingerprint density at radius 1 is 1.09 bits per heavy atom. The number of amides is 2. The van der Waals surface area contributed by atoms with Crippen LogP contribution < -0.4 is 15.1 Å². The molecule has 0 aliphatic carbocycles. The molecule has 1 aromatic heterocycles. The van der Waals surface area contributed by atoms with E-state index in [4.69, 9.17) is 9.97 Å². The van der Waals surface area contributed by atoms with Gasteiger partial charge in [-0.1, -0.05) is 29.8 Å². The summed E-state index contributed by atoms with van der Waals surface area (Å²) in [7, 11) is 0. The fourth-order valence-corrected chi connectivity index (χ4v) is 5.09. The molecule has 2 fully saturated rings. The van der Waals surface area contributed by atoms with Crippen molar-refractivity contribution in [2.24, 2.45) is 0 Å². The molecule has 33 heavy (non-hydrogen) atoms. The number of carbonyl (C=O) groups is 2. The molecule has 0 saturated carbocycles. The molecule has 3 aliphatic rings. The smallest absolute Gasteiger partial charge is 0.273 e. The van der Waals surface area contributed by atoms with E-state index < -0.39 is 0 Å². The minimum atomic E-state index is -0.0412. The molecule has 3 aliphatic heterocycles. The van der Waals surface area contributed by atoms with Crippen molar-refractivity contribution in [3.63, 3.8) is 0 Å². The van der Waals surface area contributed by atoms with E-state index in [1.807, 2.05) is 23.6 Å². The quantitative estimate of drug-likeness (QED) is 0.756. The lowest BCUT2D eigenvalue weighted by atomic mass is 10.0. The number of anilines is 2. The van der Waals surface area contributed by atoms with Crippen LogP contribution in [0.5, 0.6) is 0 Å². The molecular weight excluding hydrogens is 416 g/mol. The third kappa shape index (κ3) is 4.14. The Labute approximate surface area is 195 Å². The molecule has 1 atom stereocenters. The van der Waals surface area contributed by atoms with Crippen molar-refractivity contribution in [3.05, 3.63) is 46.6 Å². The highest BCUT2D eigenvalue weighted by Gasteiger charge is 2.38. The van der Waals surface area contributed by atoms with Gasteiger partial charge in [0, 0.05) is 37.3 Å². The van der Waals surface area contributed by atoms with Crippen molar-refractivity contribution in [3.8, 4) is 0 Å². The summed E-state index contributed by atoms with van der Waals surface area (Å²) in [5.74, 6) is 1.27. The van der Waals surface area contributed by atoms with Gasteiger partial charge >= 0.3 is 0 Å². The van der Waals surface area contributed by atoms with E-state index in [9.17, 15) is 9.59 Å². The molecule has 0 bridgehead atoms. The van der Waals surface area contributed by atoms with Crippen LogP contribution in [0.3, 0.4) is 0 Å². The van der Waals surface area contributed by atoms with Gasteiger partial charge in [-0.25, -0.2) is 4.98 Å². The fraction of sp³-hybridized carbons (Fsp3) is 0.520. The van der Waals surface area contributed by atoms with E-state index in [0.29, 0.717) is 37.3 Å². The van der Waals surface area contributed by atoms with Gasteiger partial charge in [-0.05, 0) is 45.6 Å². The minimum Gasteiger partial charge on any atom is -0.353 e. The number of carbonyl (C=O) groups excluding carboxylic acids is 2. The average molecular weight is 449 g/mol. The van der Waals surface area contributed by atoms with Gasteiger partial charge in [-0.3, -0.25) is 9.59 Å². The maximum atomic E-state index is 13.2. The summed E-state index contributed by atoms with van der Waals surface area (Å²) in [6.07, 6.45) is 3.14. The first-order valence-electron chi connectivity index (χ1n) is 12.0. The molecule has 4 heterocycles. The lowest BCUT2D eigenvalue weighted by Crippen LogP contribution is -2.48. The van der Waals surface area contributed by atoms with Crippen molar-refractivity contribution < 1.29 is 9.59 Å². The van der Waals surface area contributed by atoms with Crippen LogP contribution in [0, 0.1) is 6.92 Å². The zero-order valence-corrected chi connectivity index (χ0v) is 19.7. The number of rotatable bonds is 5. The van der Waals surface area contributed by atoms with Gasteiger partial charge in [0.15, 0.2) is 0 Å². The first-order chi connectivity index (χ1) is 15.9. The maximum absolute atomic E-state index is 13.2. The zero-order chi connectivity index (χ0) is 23.1. The Morgan fingerprint density at radius 3 is 2.61 bits per heavy atom. The predicted molar refractivity (Wildman–Crippen MR) is 128 cm³/mol. The number of aromatic nitrogens is 2. The van der Waals surface area contributed by atoms with Gasteiger partial charge in [0.05, 0.1) is 13.1 Å². The Hall–Kier alpha value is -3.16. The van der Waals surface area contributed by atoms with E-state index >= 15 is 0 Å². The van der Waals surface area contributed by atoms with E-state index in [0.717, 1.165) is 37.2 Å². The summed E-state index contributed by atoms with van der Waals surface area (Å²) in [4.78, 5) is 41.1. The summed E-state index contributed by atoms with van der Waals surface area (Å²) in [6.45, 7) is 9.03. The monoisotopic (exact) mass is 448 g/mol. The van der Waals surface area contributed by atoms with Crippen molar-refractivity contribution in [2.45, 2.75) is 58.7 Å². The van der Waals surface area contributed by atoms with Crippen LogP contribution >= 0.6 is 0 Å². The molecule has 0 radical (unpaired) electrons. The number of benzene rings is 1. The molecule has 174 valence electrons. The fourth-order valence-electron chi connectivity index (χ4n) is 5.09. The average Bonchev–Trinajstić information content (AvgIpc) is 3.39. The topological polar surface area (TPSA) is 81.7 Å². The molecule has 1 aromatic carbocycles. The Morgan fingerprint density at radius 2 is 1.88 bits per heavy atom. The van der Waals surface area contributed by atoms with Gasteiger partial charge in [0.2, 0.25) is 11.9 Å². The predicted octanol–water partition coefficient (Wildman–Crippen LogP) is 2.30. The van der Waals surface area contributed by atoms with Gasteiger partial charge in [0.1, 0.15) is 11.5 Å². The van der Waals surface area contributed by atoms with Crippen LogP contribution in [0.2, 0.25) is 0 Å². The highest BCUT2D eigenvalue weighted by molar-refractivity contribution is 5.98. The Balaban J connectivity index is 1.52. The highest BCUT2D eigenvalue weighted by atomic mass is 16.2. The van der Waals surface area contributed by atoms with Crippen LogP contribution in [-0.2, 0) is 17.8 Å². The SMILES string of the molecule is Cc1ccc(CC2CCCN2c2nc(N3CCNC(=O)C3)nc3c2CN(C(C)C)C3=O)cc1. The number of aryl methyl sites for hydroxylation is 1. The second kappa shape index (κ2) is 8.65. The second-order valence-corrected chi connectivity index (χ2v) is 9.65. The van der Waals surface area contributed by atoms with Crippen molar-refractivity contribution in [1.29, 1.82) is 0 Å². The normalized spacial score (nSPS) is 20.6. The molecule has 1 N–H and O–H groups in total. The first kappa shape index (κ1) is 21.7. The summed E-state index contributed by atoms with van der Waals surface area (Å²) in [6, 6.07) is 9.15. The summed E-state index contributed by atoms with van der Waals surface area (Å²) in [5, 5.41) is 2.85. The standard InChI is InChI=1S/C25H32N6O2/c1-16(2)31-14-20-22(24(31)33)27-25(29-12-10-26-21(32)15-29)28-23(20)30-11-4-5-19(30)13-18-8-6-17(3)7-9-18/h6-9,16,19H,4-5,10-15H2,1-3H3,(H,26,32). The summed E-state index contributed by atoms with van der Waals surface area (Å²) >= 11 is 0. The van der Waals surface area contributed by atoms with Crippen LogP contribution in [0.4, 0.5) is 11.8 Å². The van der Waals surface area contributed by atoms with Gasteiger partial charge in [-0.2, -0.15) is 4.98 Å². The number of nitrogens with one attached hydrogen (secondary N) is 1. The number of hydrogen-bond donors (Lipinski definition) is 1. The van der Waals surface area contributed by atoms with E-state index in [1.54, 1.807) is 0 Å². The lowest BCUT2D eigenvalue weighted by molar-refractivity contribution is -0.120. The Kier molecular flexibility index (Phi) is 5.68. The molecular formula is C25H32N6O2. The summed E-state index contributed by atoms with van der Waals surface area (Å²) < 4.78 is 0. The van der Waals surface area contributed by atoms with Crippen molar-refractivity contribution >= 4 is 23.6 Å². The molecule has 5 rings (SSSR count). The van der Waals surface area contributed by atoms with Crippen LogP contribution in [0.25, 0.3) is 0 Å². The molecule has 8 heteroatoms. The molecule has 1 unspecified atom stereocenters. The van der Waals surface area contributed by atoms with Crippen molar-refractivity contribution in [2.75, 3.05) is 36.0 Å². The largest absolute Gasteiger partial charge is 0.353 e. The van der Waals surface area contributed by atoms with Gasteiger partial charge < -0.3 is 20.0 Å². The van der Waals surface area contributed by atoms with E-state index in [1.165, 1.54) is 11.1 Å². The maximum Gasteiger partial charge on any atom is 0.273 e. The van der Waals surface area contributed by atoms with Crippen LogP contribution in [0.15, 0.2) is 24.3 Å². The second-order valence-electron chi connectivity index (χ2n) is 9.65. The molecule has 2 amide bonds. The molecule has 2 aromatic rings. The van der Waals surface area contributed by atoms with Crippen LogP contribution in [-0.4, -0.2) is 64.9 Å².